The van der Waals surface area contributed by atoms with Gasteiger partial charge in [0.05, 0.1) is 17.8 Å². The Morgan fingerprint density at radius 3 is 2.42 bits per heavy atom. The third-order valence-electron chi connectivity index (χ3n) is 5.32. The summed E-state index contributed by atoms with van der Waals surface area (Å²) in [6.45, 7) is 8.04. The topological polar surface area (TPSA) is 88.9 Å². The van der Waals surface area contributed by atoms with Crippen molar-refractivity contribution in [3.63, 3.8) is 0 Å². The minimum Gasteiger partial charge on any atom is -0.343 e. The third-order valence-corrected chi connectivity index (χ3v) is 5.32. The number of carbonyl (C=O) groups is 2. The number of aromatic nitrogens is 3. The molecule has 4 rings (SSSR count). The summed E-state index contributed by atoms with van der Waals surface area (Å²) in [7, 11) is 0. The highest BCUT2D eigenvalue weighted by molar-refractivity contribution is 5.99. The van der Waals surface area contributed by atoms with Crippen LogP contribution in [0.5, 0.6) is 0 Å². The lowest BCUT2D eigenvalue weighted by Gasteiger charge is -2.19. The van der Waals surface area contributed by atoms with E-state index in [-0.39, 0.29) is 23.8 Å². The number of nitrogens with zero attached hydrogens (tertiary/aromatic N) is 3. The Balaban J connectivity index is 1.43. The van der Waals surface area contributed by atoms with Gasteiger partial charge in [0.25, 0.3) is 5.91 Å². The van der Waals surface area contributed by atoms with Crippen LogP contribution in [0.15, 0.2) is 66.7 Å². The van der Waals surface area contributed by atoms with E-state index >= 15 is 0 Å². The van der Waals surface area contributed by atoms with Gasteiger partial charge in [0.2, 0.25) is 5.91 Å². The summed E-state index contributed by atoms with van der Waals surface area (Å²) in [6.07, 6.45) is 0. The molecule has 0 saturated carbocycles. The van der Waals surface area contributed by atoms with E-state index in [1.165, 1.54) is 0 Å². The maximum Gasteiger partial charge on any atom is 0.251 e. The van der Waals surface area contributed by atoms with Crippen LogP contribution in [0.3, 0.4) is 0 Å². The van der Waals surface area contributed by atoms with Crippen molar-refractivity contribution < 1.29 is 9.59 Å². The highest BCUT2D eigenvalue weighted by Gasteiger charge is 2.16. The van der Waals surface area contributed by atoms with E-state index in [1.54, 1.807) is 22.9 Å². The predicted octanol–water partition coefficient (Wildman–Crippen LogP) is 4.39. The lowest BCUT2D eigenvalue weighted by molar-refractivity contribution is -0.115. The van der Waals surface area contributed by atoms with Gasteiger partial charge in [0.1, 0.15) is 5.82 Å². The molecule has 0 bridgehead atoms. The number of benzene rings is 2. The summed E-state index contributed by atoms with van der Waals surface area (Å²) in [5, 5.41) is 11.0. The summed E-state index contributed by atoms with van der Waals surface area (Å²) in [4.78, 5) is 29.7. The van der Waals surface area contributed by atoms with Gasteiger partial charge in [-0.1, -0.05) is 51.1 Å². The first-order valence-electron chi connectivity index (χ1n) is 10.8. The van der Waals surface area contributed by atoms with Crippen LogP contribution in [0.25, 0.3) is 16.7 Å². The Kier molecular flexibility index (Phi) is 5.96. The number of aryl methyl sites for hydroxylation is 1. The summed E-state index contributed by atoms with van der Waals surface area (Å²) < 4.78 is 1.59. The molecule has 0 radical (unpaired) electrons. The van der Waals surface area contributed by atoms with Gasteiger partial charge in [-0.15, -0.1) is 0 Å². The summed E-state index contributed by atoms with van der Waals surface area (Å²) in [5.41, 5.74) is 3.24. The van der Waals surface area contributed by atoms with Crippen LogP contribution in [0.1, 0.15) is 42.4 Å². The van der Waals surface area contributed by atoms with Crippen LogP contribution < -0.4 is 10.6 Å². The molecule has 4 aromatic rings. The molecular formula is C26H27N5O2. The first-order valence-corrected chi connectivity index (χ1v) is 10.8. The van der Waals surface area contributed by atoms with Gasteiger partial charge in [-0.2, -0.15) is 9.78 Å². The lowest BCUT2D eigenvalue weighted by atomic mass is 9.87. The van der Waals surface area contributed by atoms with Crippen molar-refractivity contribution in [2.75, 3.05) is 11.9 Å². The average Bonchev–Trinajstić information content (AvgIpc) is 3.16. The fourth-order valence-electron chi connectivity index (χ4n) is 3.51. The number of fused-ring (bicyclic) bond motifs is 1. The van der Waals surface area contributed by atoms with Crippen molar-refractivity contribution in [1.82, 2.24) is 20.1 Å². The largest absolute Gasteiger partial charge is 0.343 e. The first-order chi connectivity index (χ1) is 15.7. The molecule has 2 amide bonds. The van der Waals surface area contributed by atoms with E-state index < -0.39 is 0 Å². The molecule has 7 heteroatoms. The molecule has 33 heavy (non-hydrogen) atoms. The molecule has 0 spiro atoms. The molecule has 0 saturated heterocycles. The smallest absolute Gasteiger partial charge is 0.251 e. The summed E-state index contributed by atoms with van der Waals surface area (Å²) >= 11 is 0. The molecule has 2 aromatic carbocycles. The molecular weight excluding hydrogens is 414 g/mol. The molecule has 0 aliphatic carbocycles. The van der Waals surface area contributed by atoms with E-state index in [2.05, 4.69) is 41.5 Å². The van der Waals surface area contributed by atoms with Crippen LogP contribution in [-0.4, -0.2) is 33.1 Å². The maximum atomic E-state index is 12.6. The number of para-hydroxylation sites is 1. The van der Waals surface area contributed by atoms with Crippen molar-refractivity contribution >= 4 is 28.5 Å². The monoisotopic (exact) mass is 441 g/mol. The number of rotatable bonds is 5. The van der Waals surface area contributed by atoms with Crippen LogP contribution in [0, 0.1) is 6.92 Å². The Bertz CT molecular complexity index is 1320. The van der Waals surface area contributed by atoms with Crippen molar-refractivity contribution in [1.29, 1.82) is 0 Å². The van der Waals surface area contributed by atoms with Gasteiger partial charge in [-0.3, -0.25) is 9.59 Å². The SMILES string of the molecule is Cc1cc(NC(=O)CNC(=O)c2ccc(C(C)(C)C)cc2)n(-c2ccc3ccccc3n2)n1. The second kappa shape index (κ2) is 8.86. The van der Waals surface area contributed by atoms with E-state index in [9.17, 15) is 9.59 Å². The standard InChI is InChI=1S/C26H27N5O2/c1-17-15-23(31(30-17)22-14-11-18-7-5-6-8-21(18)28-22)29-24(32)16-27-25(33)19-9-12-20(13-10-19)26(2,3)4/h5-15H,16H2,1-4H3,(H,27,33)(H,29,32). The fraction of sp³-hybridized carbons (Fsp3) is 0.231. The molecule has 7 nitrogen and oxygen atoms in total. The second-order valence-electron chi connectivity index (χ2n) is 9.00. The molecule has 0 fully saturated rings. The first kappa shape index (κ1) is 22.2. The highest BCUT2D eigenvalue weighted by atomic mass is 16.2. The molecule has 0 atom stereocenters. The molecule has 0 unspecified atom stereocenters. The van der Waals surface area contributed by atoms with E-state index in [1.807, 2.05) is 55.5 Å². The third kappa shape index (κ3) is 5.09. The van der Waals surface area contributed by atoms with Crippen molar-refractivity contribution in [2.45, 2.75) is 33.1 Å². The Morgan fingerprint density at radius 1 is 0.970 bits per heavy atom. The normalized spacial score (nSPS) is 11.4. The van der Waals surface area contributed by atoms with Crippen LogP contribution >= 0.6 is 0 Å². The number of hydrogen-bond acceptors (Lipinski definition) is 4. The molecule has 168 valence electrons. The molecule has 2 aromatic heterocycles. The highest BCUT2D eigenvalue weighted by Crippen LogP contribution is 2.22. The second-order valence-corrected chi connectivity index (χ2v) is 9.00. The maximum absolute atomic E-state index is 12.6. The van der Waals surface area contributed by atoms with Crippen LogP contribution in [0.2, 0.25) is 0 Å². The molecule has 0 aliphatic rings. The average molecular weight is 442 g/mol. The number of amides is 2. The molecule has 0 aliphatic heterocycles. The number of pyridine rings is 1. The number of anilines is 1. The molecule has 2 N–H and O–H groups in total. The number of nitrogens with one attached hydrogen (secondary N) is 2. The van der Waals surface area contributed by atoms with Gasteiger partial charge in [-0.25, -0.2) is 4.98 Å². The van der Waals surface area contributed by atoms with Gasteiger partial charge >= 0.3 is 0 Å². The van der Waals surface area contributed by atoms with Crippen molar-refractivity contribution in [3.05, 3.63) is 83.6 Å². The van der Waals surface area contributed by atoms with E-state index in [0.29, 0.717) is 17.2 Å². The van der Waals surface area contributed by atoms with E-state index in [0.717, 1.165) is 22.2 Å². The van der Waals surface area contributed by atoms with E-state index in [4.69, 9.17) is 0 Å². The lowest BCUT2D eigenvalue weighted by Crippen LogP contribution is -2.33. The summed E-state index contributed by atoms with van der Waals surface area (Å²) in [6, 6.07) is 20.8. The molecule has 2 heterocycles. The Morgan fingerprint density at radius 2 is 1.70 bits per heavy atom. The van der Waals surface area contributed by atoms with Crippen molar-refractivity contribution in [2.24, 2.45) is 0 Å². The Labute approximate surface area is 192 Å². The van der Waals surface area contributed by atoms with Gasteiger partial charge in [-0.05, 0) is 48.2 Å². The number of hydrogen-bond donors (Lipinski definition) is 2. The quantitative estimate of drug-likeness (QED) is 0.481. The zero-order valence-electron chi connectivity index (χ0n) is 19.2. The fourth-order valence-corrected chi connectivity index (χ4v) is 3.51. The predicted molar refractivity (Wildman–Crippen MR) is 130 cm³/mol. The van der Waals surface area contributed by atoms with Crippen molar-refractivity contribution in [3.8, 4) is 5.82 Å². The Hall–Kier alpha value is -4.00. The number of carbonyl (C=O) groups excluding carboxylic acids is 2. The van der Waals surface area contributed by atoms with Crippen LogP contribution in [-0.2, 0) is 10.2 Å². The minimum absolute atomic E-state index is 0.00979. The minimum atomic E-state index is -0.350. The summed E-state index contributed by atoms with van der Waals surface area (Å²) in [5.74, 6) is 0.437. The van der Waals surface area contributed by atoms with Gasteiger partial charge in [0, 0.05) is 17.0 Å². The van der Waals surface area contributed by atoms with Crippen LogP contribution in [0.4, 0.5) is 5.82 Å². The van der Waals surface area contributed by atoms with Gasteiger partial charge in [0.15, 0.2) is 5.82 Å². The zero-order chi connectivity index (χ0) is 23.6. The zero-order valence-corrected chi connectivity index (χ0v) is 19.2. The van der Waals surface area contributed by atoms with Gasteiger partial charge < -0.3 is 10.6 Å².